The van der Waals surface area contributed by atoms with E-state index in [2.05, 4.69) is 22.1 Å². The summed E-state index contributed by atoms with van der Waals surface area (Å²) >= 11 is 0. The van der Waals surface area contributed by atoms with Crippen molar-refractivity contribution in [1.29, 1.82) is 0 Å². The third-order valence-electron chi connectivity index (χ3n) is 4.50. The Morgan fingerprint density at radius 3 is 2.30 bits per heavy atom. The van der Waals surface area contributed by atoms with Gasteiger partial charge in [0, 0.05) is 44.1 Å². The van der Waals surface area contributed by atoms with Crippen LogP contribution in [0.15, 0.2) is 120 Å². The molecular formula is C29H22IrN2O-2. The minimum atomic E-state index is -0.351. The SMILES string of the molecule is Cc1ccncc1.[2H]c1nc(-c2[c-]ccc3c2oc2ccccc23)c([2H])c([2H])c1[2H].[Ir].[c-]1ccccc1. The van der Waals surface area contributed by atoms with Crippen molar-refractivity contribution in [2.75, 3.05) is 0 Å². The number of para-hydroxylation sites is 1. The van der Waals surface area contributed by atoms with Crippen LogP contribution < -0.4 is 0 Å². The van der Waals surface area contributed by atoms with Crippen molar-refractivity contribution >= 4 is 21.9 Å². The van der Waals surface area contributed by atoms with E-state index in [-0.39, 0.29) is 50.1 Å². The van der Waals surface area contributed by atoms with Gasteiger partial charge in [-0.2, -0.15) is 36.4 Å². The summed E-state index contributed by atoms with van der Waals surface area (Å²) in [5.74, 6) is 0. The molecule has 3 aromatic heterocycles. The van der Waals surface area contributed by atoms with Gasteiger partial charge in [-0.1, -0.05) is 41.2 Å². The average Bonchev–Trinajstić information content (AvgIpc) is 3.31. The van der Waals surface area contributed by atoms with Gasteiger partial charge in [-0.25, -0.2) is 0 Å². The van der Waals surface area contributed by atoms with E-state index in [1.807, 2.05) is 79.7 Å². The minimum Gasteiger partial charge on any atom is -0.501 e. The number of rotatable bonds is 1. The third kappa shape index (κ3) is 6.45. The summed E-state index contributed by atoms with van der Waals surface area (Å²) in [6.45, 7) is 2.04. The molecular weight excluding hydrogens is 585 g/mol. The van der Waals surface area contributed by atoms with Crippen molar-refractivity contribution in [3.63, 3.8) is 0 Å². The number of hydrogen-bond donors (Lipinski definition) is 0. The summed E-state index contributed by atoms with van der Waals surface area (Å²) < 4.78 is 37.1. The Labute approximate surface area is 213 Å². The summed E-state index contributed by atoms with van der Waals surface area (Å²) in [7, 11) is 0. The molecule has 0 spiro atoms. The van der Waals surface area contributed by atoms with Gasteiger partial charge in [0.25, 0.3) is 0 Å². The van der Waals surface area contributed by atoms with Gasteiger partial charge in [-0.3, -0.25) is 4.98 Å². The van der Waals surface area contributed by atoms with E-state index in [9.17, 15) is 0 Å². The maximum atomic E-state index is 8.07. The second-order valence-electron chi connectivity index (χ2n) is 6.74. The summed E-state index contributed by atoms with van der Waals surface area (Å²) in [5.41, 5.74) is 3.07. The minimum absolute atomic E-state index is 0. The monoisotopic (exact) mass is 611 g/mol. The van der Waals surface area contributed by atoms with Crippen molar-refractivity contribution in [3.05, 3.63) is 133 Å². The van der Waals surface area contributed by atoms with Crippen LogP contribution in [0.3, 0.4) is 0 Å². The fourth-order valence-corrected chi connectivity index (χ4v) is 2.98. The Balaban J connectivity index is 0.000000223. The zero-order chi connectivity index (χ0) is 25.5. The fraction of sp³-hybridized carbons (Fsp3) is 0.0345. The van der Waals surface area contributed by atoms with Crippen LogP contribution in [-0.4, -0.2) is 9.97 Å². The van der Waals surface area contributed by atoms with Crippen LogP contribution in [0.2, 0.25) is 0 Å². The van der Waals surface area contributed by atoms with E-state index in [1.165, 1.54) is 5.56 Å². The summed E-state index contributed by atoms with van der Waals surface area (Å²) in [6, 6.07) is 29.7. The summed E-state index contributed by atoms with van der Waals surface area (Å²) in [6.07, 6.45) is 3.24. The van der Waals surface area contributed by atoms with Gasteiger partial charge in [0.1, 0.15) is 5.58 Å². The van der Waals surface area contributed by atoms with Crippen LogP contribution >= 0.6 is 0 Å². The molecule has 0 bridgehead atoms. The Morgan fingerprint density at radius 2 is 1.64 bits per heavy atom. The van der Waals surface area contributed by atoms with Gasteiger partial charge in [0.05, 0.1) is 11.1 Å². The molecule has 0 N–H and O–H groups in total. The topological polar surface area (TPSA) is 38.9 Å². The predicted octanol–water partition coefficient (Wildman–Crippen LogP) is 7.32. The second-order valence-corrected chi connectivity index (χ2v) is 6.74. The number of pyridine rings is 2. The Bertz CT molecular complexity index is 1570. The van der Waals surface area contributed by atoms with Crippen LogP contribution in [0.5, 0.6) is 0 Å². The number of nitrogens with zero attached hydrogens (tertiary/aromatic N) is 2. The molecule has 0 aliphatic carbocycles. The molecule has 0 atom stereocenters. The molecule has 0 aliphatic rings. The molecule has 3 aromatic carbocycles. The van der Waals surface area contributed by atoms with Crippen molar-refractivity contribution in [3.8, 4) is 11.3 Å². The number of benzene rings is 3. The summed E-state index contributed by atoms with van der Waals surface area (Å²) in [5, 5.41) is 1.81. The van der Waals surface area contributed by atoms with Crippen LogP contribution in [0.4, 0.5) is 0 Å². The first-order valence-corrected chi connectivity index (χ1v) is 10.0. The Kier molecular flexibility index (Phi) is 7.14. The molecule has 33 heavy (non-hydrogen) atoms. The summed E-state index contributed by atoms with van der Waals surface area (Å²) in [4.78, 5) is 7.85. The van der Waals surface area contributed by atoms with Crippen molar-refractivity contribution < 1.29 is 30.0 Å². The molecule has 4 heteroatoms. The second kappa shape index (κ2) is 12.4. The first kappa shape index (κ1) is 18.9. The predicted molar refractivity (Wildman–Crippen MR) is 130 cm³/mol. The largest absolute Gasteiger partial charge is 0.501 e. The average molecular weight is 611 g/mol. The van der Waals surface area contributed by atoms with Gasteiger partial charge in [-0.15, -0.1) is 18.2 Å². The van der Waals surface area contributed by atoms with Gasteiger partial charge >= 0.3 is 0 Å². The molecule has 3 nitrogen and oxygen atoms in total. The van der Waals surface area contributed by atoms with Crippen LogP contribution in [0.25, 0.3) is 33.2 Å². The quantitative estimate of drug-likeness (QED) is 0.183. The molecule has 3 heterocycles. The molecule has 0 fully saturated rings. The zero-order valence-corrected chi connectivity index (χ0v) is 20.2. The molecule has 0 aliphatic heterocycles. The molecule has 6 rings (SSSR count). The van der Waals surface area contributed by atoms with E-state index in [1.54, 1.807) is 18.5 Å². The number of hydrogen-bond acceptors (Lipinski definition) is 3. The van der Waals surface area contributed by atoms with E-state index in [0.717, 1.165) is 10.8 Å². The molecule has 165 valence electrons. The number of aryl methyl sites for hydroxylation is 1. The van der Waals surface area contributed by atoms with Gasteiger partial charge in [0.2, 0.25) is 0 Å². The normalized spacial score (nSPS) is 11.4. The molecule has 6 aromatic rings. The Hall–Kier alpha value is -3.59. The standard InChI is InChI=1S/C17H10NO.C6H7N.C6H5.Ir/c1-2-10-16-12(6-1)13-7-5-8-14(17(13)19-16)15-9-3-4-11-18-15;1-6-2-4-7-5-3-6;1-2-4-6-5-3-1;/h1-7,9-11H;2-5H,1H3;1-5H;/q-1;;-1;/i3D,4D,9D,11D;;;. The van der Waals surface area contributed by atoms with E-state index >= 15 is 0 Å². The molecule has 0 unspecified atom stereocenters. The molecule has 0 saturated heterocycles. The maximum Gasteiger partial charge on any atom is 0.120 e. The number of fused-ring (bicyclic) bond motifs is 3. The van der Waals surface area contributed by atoms with Crippen LogP contribution in [0.1, 0.15) is 11.0 Å². The van der Waals surface area contributed by atoms with Gasteiger partial charge < -0.3 is 9.40 Å². The van der Waals surface area contributed by atoms with Crippen LogP contribution in [-0.2, 0) is 20.1 Å². The first-order valence-electron chi connectivity index (χ1n) is 12.0. The number of furan rings is 1. The Morgan fingerprint density at radius 1 is 0.848 bits per heavy atom. The van der Waals surface area contributed by atoms with Crippen molar-refractivity contribution in [2.45, 2.75) is 6.92 Å². The van der Waals surface area contributed by atoms with Gasteiger partial charge in [0.15, 0.2) is 0 Å². The molecule has 0 amide bonds. The fourth-order valence-electron chi connectivity index (χ4n) is 2.98. The zero-order valence-electron chi connectivity index (χ0n) is 21.8. The third-order valence-corrected chi connectivity index (χ3v) is 4.50. The van der Waals surface area contributed by atoms with Crippen molar-refractivity contribution in [1.82, 2.24) is 9.97 Å². The number of aromatic nitrogens is 2. The maximum absolute atomic E-state index is 8.07. The smallest absolute Gasteiger partial charge is 0.120 e. The molecule has 0 saturated carbocycles. The van der Waals surface area contributed by atoms with E-state index < -0.39 is 0 Å². The molecule has 1 radical (unpaired) electrons. The van der Waals surface area contributed by atoms with Crippen molar-refractivity contribution in [2.24, 2.45) is 0 Å². The first-order chi connectivity index (χ1) is 17.5. The van der Waals surface area contributed by atoms with E-state index in [0.29, 0.717) is 16.7 Å². The van der Waals surface area contributed by atoms with Crippen LogP contribution in [0, 0.1) is 19.1 Å². The van der Waals surface area contributed by atoms with Gasteiger partial charge in [-0.05, 0) is 42.4 Å². The van der Waals surface area contributed by atoms with E-state index in [4.69, 9.17) is 9.90 Å².